The normalized spacial score (nSPS) is 24.1. The molecule has 1 saturated heterocycles. The smallest absolute Gasteiger partial charge is 0.123 e. The molecule has 3 N–H and O–H groups in total. The van der Waals surface area contributed by atoms with Crippen LogP contribution in [0, 0.1) is 5.82 Å². The largest absolute Gasteiger partial charge is 0.379 e. The number of hydrazine groups is 1. The molecule has 21 heavy (non-hydrogen) atoms. The zero-order chi connectivity index (χ0) is 14.7. The molecule has 0 spiro atoms. The summed E-state index contributed by atoms with van der Waals surface area (Å²) >= 11 is 0. The maximum atomic E-state index is 13.6. The minimum atomic E-state index is -0.206. The number of nitrogens with one attached hydrogen (secondary N) is 1. The lowest BCUT2D eigenvalue weighted by Gasteiger charge is -2.48. The topological polar surface area (TPSA) is 50.5 Å². The average Bonchev–Trinajstić information content (AvgIpc) is 3.00. The van der Waals surface area contributed by atoms with Crippen molar-refractivity contribution in [3.8, 4) is 0 Å². The second-order valence-electron chi connectivity index (χ2n) is 6.06. The predicted octanol–water partition coefficient (Wildman–Crippen LogP) is 1.98. The van der Waals surface area contributed by atoms with Crippen LogP contribution in [-0.4, -0.2) is 36.7 Å². The van der Waals surface area contributed by atoms with Crippen molar-refractivity contribution < 1.29 is 9.13 Å². The highest BCUT2D eigenvalue weighted by atomic mass is 19.1. The van der Waals surface area contributed by atoms with Gasteiger partial charge in [-0.15, -0.1) is 0 Å². The Kier molecular flexibility index (Phi) is 4.54. The zero-order valence-corrected chi connectivity index (χ0v) is 12.4. The third-order valence-electron chi connectivity index (χ3n) is 5.00. The Morgan fingerprint density at radius 1 is 1.24 bits per heavy atom. The molecule has 5 heteroatoms. The molecule has 1 atom stereocenters. The van der Waals surface area contributed by atoms with Gasteiger partial charge in [0.15, 0.2) is 0 Å². The summed E-state index contributed by atoms with van der Waals surface area (Å²) in [6.07, 6.45) is 4.59. The second-order valence-corrected chi connectivity index (χ2v) is 6.06. The third kappa shape index (κ3) is 2.83. The Balaban J connectivity index is 1.93. The van der Waals surface area contributed by atoms with Crippen LogP contribution in [0.1, 0.15) is 37.3 Å². The molecule has 0 radical (unpaired) electrons. The lowest BCUT2D eigenvalue weighted by molar-refractivity contribution is -0.0364. The third-order valence-corrected chi connectivity index (χ3v) is 5.00. The van der Waals surface area contributed by atoms with Crippen LogP contribution >= 0.6 is 0 Å². The van der Waals surface area contributed by atoms with Crippen LogP contribution in [0.15, 0.2) is 24.3 Å². The van der Waals surface area contributed by atoms with E-state index in [0.29, 0.717) is 0 Å². The Morgan fingerprint density at radius 3 is 2.57 bits per heavy atom. The first-order chi connectivity index (χ1) is 10.3. The van der Waals surface area contributed by atoms with Gasteiger partial charge in [-0.3, -0.25) is 16.2 Å². The van der Waals surface area contributed by atoms with E-state index in [1.807, 2.05) is 6.07 Å². The molecular weight excluding hydrogens is 269 g/mol. The Morgan fingerprint density at radius 2 is 1.95 bits per heavy atom. The zero-order valence-electron chi connectivity index (χ0n) is 12.4. The van der Waals surface area contributed by atoms with Gasteiger partial charge in [0.2, 0.25) is 0 Å². The van der Waals surface area contributed by atoms with Gasteiger partial charge in [-0.1, -0.05) is 25.0 Å². The van der Waals surface area contributed by atoms with Crippen LogP contribution in [-0.2, 0) is 4.74 Å². The van der Waals surface area contributed by atoms with Crippen molar-refractivity contribution >= 4 is 0 Å². The summed E-state index contributed by atoms with van der Waals surface area (Å²) in [7, 11) is 0. The van der Waals surface area contributed by atoms with E-state index in [9.17, 15) is 4.39 Å². The van der Waals surface area contributed by atoms with Crippen molar-refractivity contribution in [3.63, 3.8) is 0 Å². The van der Waals surface area contributed by atoms with Gasteiger partial charge >= 0.3 is 0 Å². The maximum absolute atomic E-state index is 13.6. The van der Waals surface area contributed by atoms with Crippen molar-refractivity contribution in [1.82, 2.24) is 10.3 Å². The first-order valence-corrected chi connectivity index (χ1v) is 7.81. The minimum absolute atomic E-state index is 0.0215. The molecule has 0 amide bonds. The molecule has 4 nitrogen and oxygen atoms in total. The van der Waals surface area contributed by atoms with Crippen LogP contribution in [0.4, 0.5) is 4.39 Å². The molecule has 2 fully saturated rings. The first kappa shape index (κ1) is 14.9. The number of halogens is 1. The molecule has 1 aliphatic heterocycles. The average molecular weight is 293 g/mol. The number of nitrogens with two attached hydrogens (primary N) is 1. The molecule has 3 rings (SSSR count). The molecule has 116 valence electrons. The summed E-state index contributed by atoms with van der Waals surface area (Å²) in [6.45, 7) is 3.38. The van der Waals surface area contributed by atoms with E-state index in [4.69, 9.17) is 10.6 Å². The molecule has 1 aromatic carbocycles. The van der Waals surface area contributed by atoms with Gasteiger partial charge in [-0.2, -0.15) is 0 Å². The van der Waals surface area contributed by atoms with Crippen LogP contribution in [0.3, 0.4) is 0 Å². The number of hydrogen-bond donors (Lipinski definition) is 2. The van der Waals surface area contributed by atoms with E-state index in [0.717, 1.165) is 44.7 Å². The monoisotopic (exact) mass is 293 g/mol. The molecule has 0 bridgehead atoms. The highest BCUT2D eigenvalue weighted by Gasteiger charge is 2.46. The lowest BCUT2D eigenvalue weighted by Crippen LogP contribution is -2.59. The predicted molar refractivity (Wildman–Crippen MR) is 80.1 cm³/mol. The Hall–Kier alpha value is -1.01. The van der Waals surface area contributed by atoms with Crippen molar-refractivity contribution in [2.24, 2.45) is 5.84 Å². The van der Waals surface area contributed by atoms with Crippen molar-refractivity contribution in [2.45, 2.75) is 37.3 Å². The van der Waals surface area contributed by atoms with Crippen molar-refractivity contribution in [1.29, 1.82) is 0 Å². The number of benzene rings is 1. The highest BCUT2D eigenvalue weighted by molar-refractivity contribution is 5.25. The SMILES string of the molecule is NNC(c1cccc(F)c1)C1(N2CCOCC2)CCCC1. The highest BCUT2D eigenvalue weighted by Crippen LogP contribution is 2.44. The number of morpholine rings is 1. The van der Waals surface area contributed by atoms with Gasteiger partial charge in [0, 0.05) is 18.6 Å². The Labute approximate surface area is 125 Å². The molecule has 1 heterocycles. The maximum Gasteiger partial charge on any atom is 0.123 e. The summed E-state index contributed by atoms with van der Waals surface area (Å²) < 4.78 is 19.1. The van der Waals surface area contributed by atoms with Gasteiger partial charge in [0.1, 0.15) is 5.82 Å². The minimum Gasteiger partial charge on any atom is -0.379 e. The van der Waals surface area contributed by atoms with Crippen molar-refractivity contribution in [2.75, 3.05) is 26.3 Å². The van der Waals surface area contributed by atoms with Gasteiger partial charge in [-0.05, 0) is 30.5 Å². The van der Waals surface area contributed by atoms with Crippen LogP contribution in [0.25, 0.3) is 0 Å². The number of hydrogen-bond acceptors (Lipinski definition) is 4. The van der Waals surface area contributed by atoms with Gasteiger partial charge in [0.05, 0.1) is 19.3 Å². The van der Waals surface area contributed by atoms with E-state index >= 15 is 0 Å². The van der Waals surface area contributed by atoms with E-state index in [1.165, 1.54) is 18.9 Å². The van der Waals surface area contributed by atoms with Gasteiger partial charge in [0.25, 0.3) is 0 Å². The van der Waals surface area contributed by atoms with Crippen LogP contribution < -0.4 is 11.3 Å². The van der Waals surface area contributed by atoms with Crippen LogP contribution in [0.5, 0.6) is 0 Å². The fourth-order valence-corrected chi connectivity index (χ4v) is 4.03. The summed E-state index contributed by atoms with van der Waals surface area (Å²) in [5.41, 5.74) is 3.89. The lowest BCUT2D eigenvalue weighted by atomic mass is 9.82. The summed E-state index contributed by atoms with van der Waals surface area (Å²) in [6, 6.07) is 6.76. The summed E-state index contributed by atoms with van der Waals surface area (Å²) in [5.74, 6) is 5.69. The summed E-state index contributed by atoms with van der Waals surface area (Å²) in [4.78, 5) is 2.50. The molecule has 2 aliphatic rings. The molecule has 1 aliphatic carbocycles. The standard InChI is InChI=1S/C16H24FN3O/c17-14-5-3-4-13(12-14)15(19-18)16(6-1-2-7-16)20-8-10-21-11-9-20/h3-5,12,15,19H,1-2,6-11,18H2. The van der Waals surface area contributed by atoms with E-state index in [-0.39, 0.29) is 17.4 Å². The molecule has 0 aromatic heterocycles. The van der Waals surface area contributed by atoms with E-state index in [1.54, 1.807) is 12.1 Å². The summed E-state index contributed by atoms with van der Waals surface area (Å²) in [5, 5.41) is 0. The molecule has 1 aromatic rings. The molecular formula is C16H24FN3O. The molecule has 1 saturated carbocycles. The fraction of sp³-hybridized carbons (Fsp3) is 0.625. The van der Waals surface area contributed by atoms with Crippen molar-refractivity contribution in [3.05, 3.63) is 35.6 Å². The fourth-order valence-electron chi connectivity index (χ4n) is 4.03. The Bertz CT molecular complexity index is 470. The number of ether oxygens (including phenoxy) is 1. The number of nitrogens with zero attached hydrogens (tertiary/aromatic N) is 1. The molecule has 1 unspecified atom stereocenters. The van der Waals surface area contributed by atoms with E-state index in [2.05, 4.69) is 10.3 Å². The van der Waals surface area contributed by atoms with E-state index < -0.39 is 0 Å². The van der Waals surface area contributed by atoms with Gasteiger partial charge in [-0.25, -0.2) is 4.39 Å². The second kappa shape index (κ2) is 6.40. The first-order valence-electron chi connectivity index (χ1n) is 7.81. The quantitative estimate of drug-likeness (QED) is 0.658. The van der Waals surface area contributed by atoms with Gasteiger partial charge < -0.3 is 4.74 Å². The number of rotatable bonds is 4. The van der Waals surface area contributed by atoms with Crippen LogP contribution in [0.2, 0.25) is 0 Å².